The molecule has 6 unspecified atom stereocenters. The average Bonchev–Trinajstić information content (AvgIpc) is 2.71. The van der Waals surface area contributed by atoms with Gasteiger partial charge in [0.05, 0.1) is 18.8 Å². The van der Waals surface area contributed by atoms with E-state index in [1.807, 2.05) is 0 Å². The van der Waals surface area contributed by atoms with Gasteiger partial charge < -0.3 is 14.8 Å². The summed E-state index contributed by atoms with van der Waals surface area (Å²) in [5, 5.41) is 22.6. The number of aliphatic hydroxyl groups excluding tert-OH is 2. The Kier molecular flexibility index (Phi) is 9.20. The van der Waals surface area contributed by atoms with Gasteiger partial charge in [-0.2, -0.15) is 0 Å². The van der Waals surface area contributed by atoms with E-state index < -0.39 is 22.6 Å². The van der Waals surface area contributed by atoms with Crippen molar-refractivity contribution in [1.82, 2.24) is 0 Å². The van der Waals surface area contributed by atoms with Crippen molar-refractivity contribution >= 4 is 16.2 Å². The third-order valence-electron chi connectivity index (χ3n) is 9.89. The average molecular weight is 495 g/mol. The molecular weight excluding hydrogens is 455 g/mol. The van der Waals surface area contributed by atoms with Crippen LogP contribution in [-0.2, 0) is 19.4 Å². The van der Waals surface area contributed by atoms with E-state index in [9.17, 15) is 28.0 Å². The minimum absolute atomic E-state index is 0. The summed E-state index contributed by atoms with van der Waals surface area (Å²) >= 11 is 0. The maximum atomic E-state index is 12.1. The van der Waals surface area contributed by atoms with Gasteiger partial charge in [0.1, 0.15) is 5.78 Å². The number of carbonyl (C=O) groups is 1. The molecular formula is C24H39NaO7S. The number of rotatable bonds is 6. The van der Waals surface area contributed by atoms with Crippen LogP contribution in [-0.4, -0.2) is 47.8 Å². The number of hydrogen-bond acceptors (Lipinski definition) is 7. The van der Waals surface area contributed by atoms with Crippen molar-refractivity contribution in [3.05, 3.63) is 0 Å². The molecule has 4 aliphatic rings. The Balaban J connectivity index is 0.00000306. The molecule has 0 heterocycles. The van der Waals surface area contributed by atoms with Crippen LogP contribution in [0.3, 0.4) is 0 Å². The molecule has 4 rings (SSSR count). The minimum Gasteiger partial charge on any atom is -0.726 e. The van der Waals surface area contributed by atoms with Crippen molar-refractivity contribution in [1.29, 1.82) is 0 Å². The number of aliphatic hydroxyl groups is 2. The second-order valence-corrected chi connectivity index (χ2v) is 12.5. The fraction of sp³-hybridized carbons (Fsp3) is 0.958. The number of hydrogen-bond donors (Lipinski definition) is 2. The molecule has 7 nitrogen and oxygen atoms in total. The van der Waals surface area contributed by atoms with Gasteiger partial charge in [0, 0.05) is 12.8 Å². The second-order valence-electron chi connectivity index (χ2n) is 11.4. The summed E-state index contributed by atoms with van der Waals surface area (Å²) in [4.78, 5) is 12.1. The van der Waals surface area contributed by atoms with Gasteiger partial charge in [0.2, 0.25) is 10.4 Å². The van der Waals surface area contributed by atoms with E-state index in [1.54, 1.807) is 0 Å². The molecule has 0 spiro atoms. The molecule has 0 bridgehead atoms. The van der Waals surface area contributed by atoms with E-state index in [0.29, 0.717) is 43.8 Å². The fourth-order valence-electron chi connectivity index (χ4n) is 8.40. The van der Waals surface area contributed by atoms with Crippen LogP contribution in [0.25, 0.3) is 0 Å². The van der Waals surface area contributed by atoms with E-state index in [4.69, 9.17) is 0 Å². The van der Waals surface area contributed by atoms with Crippen LogP contribution in [0.15, 0.2) is 0 Å². The molecule has 0 saturated heterocycles. The van der Waals surface area contributed by atoms with Crippen molar-refractivity contribution < 1.29 is 61.7 Å². The molecule has 0 aliphatic heterocycles. The largest absolute Gasteiger partial charge is 1.00 e. The second kappa shape index (κ2) is 10.8. The summed E-state index contributed by atoms with van der Waals surface area (Å²) in [5.41, 5.74) is 0.0173. The third kappa shape index (κ3) is 5.74. The molecule has 184 valence electrons. The van der Waals surface area contributed by atoms with Crippen molar-refractivity contribution in [2.75, 3.05) is 6.61 Å². The zero-order chi connectivity index (χ0) is 23.3. The molecule has 0 amide bonds. The number of Topliss-reactive ketones (excluding diaryl/α,β-unsaturated/α-hetero) is 1. The summed E-state index contributed by atoms with van der Waals surface area (Å²) in [6.07, 6.45) is 7.02. The zero-order valence-corrected chi connectivity index (χ0v) is 23.1. The molecule has 9 heteroatoms. The predicted molar refractivity (Wildman–Crippen MR) is 117 cm³/mol. The summed E-state index contributed by atoms with van der Waals surface area (Å²) in [5.74, 6) is 2.00. The third-order valence-corrected chi connectivity index (χ3v) is 10.3. The van der Waals surface area contributed by atoms with Crippen LogP contribution in [0.5, 0.6) is 0 Å². The Morgan fingerprint density at radius 2 is 1.88 bits per heavy atom. The molecule has 0 aromatic rings. The quantitative estimate of drug-likeness (QED) is 0.231. The molecule has 0 radical (unpaired) electrons. The van der Waals surface area contributed by atoms with Crippen LogP contribution in [0.2, 0.25) is 0 Å². The Morgan fingerprint density at radius 1 is 1.18 bits per heavy atom. The normalized spacial score (nSPS) is 44.1. The Morgan fingerprint density at radius 3 is 2.58 bits per heavy atom. The first kappa shape index (κ1) is 28.0. The van der Waals surface area contributed by atoms with E-state index in [2.05, 4.69) is 18.0 Å². The van der Waals surface area contributed by atoms with Crippen molar-refractivity contribution in [3.63, 3.8) is 0 Å². The smallest absolute Gasteiger partial charge is 0.726 e. The summed E-state index contributed by atoms with van der Waals surface area (Å²) in [7, 11) is -4.65. The monoisotopic (exact) mass is 494 g/mol. The topological polar surface area (TPSA) is 124 Å². The van der Waals surface area contributed by atoms with Gasteiger partial charge in [-0.05, 0) is 91.8 Å². The number of carbonyl (C=O) groups excluding carboxylic acids is 1. The van der Waals surface area contributed by atoms with Gasteiger partial charge in [0.25, 0.3) is 0 Å². The van der Waals surface area contributed by atoms with Crippen molar-refractivity contribution in [2.24, 2.45) is 46.8 Å². The van der Waals surface area contributed by atoms with E-state index in [1.165, 1.54) is 0 Å². The maximum absolute atomic E-state index is 12.1. The molecule has 0 aromatic carbocycles. The summed E-state index contributed by atoms with van der Waals surface area (Å²) in [6, 6.07) is 0. The Bertz CT molecular complexity index is 805. The maximum Gasteiger partial charge on any atom is 1.00 e. The van der Waals surface area contributed by atoms with E-state index in [-0.39, 0.29) is 77.1 Å². The minimum atomic E-state index is -4.65. The van der Waals surface area contributed by atoms with Gasteiger partial charge in [-0.1, -0.05) is 20.3 Å². The van der Waals surface area contributed by atoms with Gasteiger partial charge in [-0.25, -0.2) is 8.42 Å². The number of ketones is 1. The molecule has 4 fully saturated rings. The van der Waals surface area contributed by atoms with Crippen LogP contribution in [0.4, 0.5) is 0 Å². The van der Waals surface area contributed by atoms with Gasteiger partial charge in [0.15, 0.2) is 0 Å². The zero-order valence-electron chi connectivity index (χ0n) is 20.3. The molecule has 2 N–H and O–H groups in total. The predicted octanol–water partition coefficient (Wildman–Crippen LogP) is 0.0531. The fourth-order valence-corrected chi connectivity index (χ4v) is 8.73. The van der Waals surface area contributed by atoms with Crippen LogP contribution in [0, 0.1) is 46.8 Å². The van der Waals surface area contributed by atoms with E-state index in [0.717, 1.165) is 32.1 Å². The molecule has 4 aliphatic carbocycles. The molecule has 0 aromatic heterocycles. The van der Waals surface area contributed by atoms with Crippen molar-refractivity contribution in [2.45, 2.75) is 90.3 Å². The standard InChI is InChI=1S/C24H40O7S.Na/c1-14(5-4-10-31-32(28,29)30)17-6-3-7-18-22(17)21(27)13-19-23(18)20(26)12-15-11-16(25)8-9-24(15,19)2;/h14-15,17-23,26-27H,3-13H2,1-2H3,(H,28,29,30);/q;+1/p-1/t14?,15-,17?,18?,19?,20-,21+,22?,23?,24+;/m1./s1. The van der Waals surface area contributed by atoms with Gasteiger partial charge in [-0.3, -0.25) is 8.98 Å². The molecule has 10 atom stereocenters. The summed E-state index contributed by atoms with van der Waals surface area (Å²) in [6.45, 7) is 4.36. The van der Waals surface area contributed by atoms with Crippen molar-refractivity contribution in [3.8, 4) is 0 Å². The SMILES string of the molecule is CC(CCCOS(=O)(=O)[O-])C1CCCC2C3C(C[C@H](O)C12)[C@@]1(C)CCC(=O)C[C@@H]1C[C@H]3O.[Na+]. The van der Waals surface area contributed by atoms with Crippen LogP contribution >= 0.6 is 0 Å². The first-order valence-electron chi connectivity index (χ1n) is 12.5. The first-order chi connectivity index (χ1) is 15.0. The van der Waals surface area contributed by atoms with E-state index >= 15 is 0 Å². The van der Waals surface area contributed by atoms with Gasteiger partial charge in [-0.15, -0.1) is 0 Å². The van der Waals surface area contributed by atoms with Crippen LogP contribution < -0.4 is 29.6 Å². The molecule has 33 heavy (non-hydrogen) atoms. The number of fused-ring (bicyclic) bond motifs is 5. The first-order valence-corrected chi connectivity index (χ1v) is 13.8. The Labute approximate surface area is 220 Å². The summed E-state index contributed by atoms with van der Waals surface area (Å²) < 4.78 is 36.4. The van der Waals surface area contributed by atoms with Crippen LogP contribution in [0.1, 0.15) is 78.1 Å². The Hall–Kier alpha value is 0.460. The molecule has 4 saturated carbocycles. The van der Waals surface area contributed by atoms with Gasteiger partial charge >= 0.3 is 29.6 Å².